The van der Waals surface area contributed by atoms with Crippen LogP contribution in [0.2, 0.25) is 0 Å². The van der Waals surface area contributed by atoms with Crippen molar-refractivity contribution in [1.29, 1.82) is 21.0 Å². The van der Waals surface area contributed by atoms with Gasteiger partial charge in [-0.25, -0.2) is 4.98 Å². The molecule has 0 N–H and O–H groups in total. The second-order valence-corrected chi connectivity index (χ2v) is 27.8. The minimum Gasteiger partial charge on any atom is -0.309 e. The summed E-state index contributed by atoms with van der Waals surface area (Å²) in [6.07, 6.45) is 0. The first-order valence-electron chi connectivity index (χ1n) is 36.2. The Hall–Kier alpha value is -15.6. The molecule has 21 rings (SSSR count). The first-order chi connectivity index (χ1) is 53.9. The van der Waals surface area contributed by atoms with Gasteiger partial charge in [0.25, 0.3) is 0 Å². The third kappa shape index (κ3) is 9.54. The molecule has 0 spiro atoms. The maximum Gasteiger partial charge on any atom is 0.165 e. The smallest absolute Gasteiger partial charge is 0.165 e. The maximum absolute atomic E-state index is 10.9. The largest absolute Gasteiger partial charge is 0.309 e. The summed E-state index contributed by atoms with van der Waals surface area (Å²) in [7, 11) is 0. The van der Waals surface area contributed by atoms with Crippen molar-refractivity contribution in [1.82, 2.24) is 27.8 Å². The zero-order valence-corrected chi connectivity index (χ0v) is 58.3. The van der Waals surface area contributed by atoms with Crippen LogP contribution in [0.1, 0.15) is 22.3 Å². The van der Waals surface area contributed by atoms with Crippen LogP contribution in [-0.4, -0.2) is 27.8 Å². The molecule has 6 heterocycles. The summed E-state index contributed by atoms with van der Waals surface area (Å²) in [5.41, 5.74) is 23.1. The maximum atomic E-state index is 10.9. The number of hydrogen-bond acceptors (Lipinski definition) is 5. The number of aromatic nitrogens is 6. The lowest BCUT2D eigenvalue weighted by Crippen LogP contribution is -2.16. The van der Waals surface area contributed by atoms with Crippen LogP contribution in [0.25, 0.3) is 193 Å². The second kappa shape index (κ2) is 24.5. The van der Waals surface area contributed by atoms with Gasteiger partial charge in [-0.2, -0.15) is 21.0 Å². The molecule has 0 saturated heterocycles. The Morgan fingerprint density at radius 2 is 0.495 bits per heavy atom. The number of para-hydroxylation sites is 2. The molecular weight excluding hydrogens is 1330 g/mol. The van der Waals surface area contributed by atoms with Crippen molar-refractivity contribution in [3.8, 4) is 109 Å². The Balaban J connectivity index is 1.07. The highest BCUT2D eigenvalue weighted by molar-refractivity contribution is 6.22. The molecule has 0 atom stereocenters. The number of hydrogen-bond donors (Lipinski definition) is 0. The molecule has 10 nitrogen and oxygen atoms in total. The minimum atomic E-state index is 0.460. The van der Waals surface area contributed by atoms with Gasteiger partial charge < -0.3 is 13.7 Å². The van der Waals surface area contributed by atoms with Crippen LogP contribution in [0, 0.1) is 45.3 Å². The third-order valence-corrected chi connectivity index (χ3v) is 22.0. The SMILES string of the molecule is N#Cc1ccc2c(c1)c1cc(C#N)ccc1n2-c1nc(-n2c3ccc(C#N)cc3c3cc(C#N)ccc32)c(-n2c3ccc(-c4ccccc4)cc3c3cc(-c4ccccc4)ccc32)c(-c2cccc3c2c2ccccc2n3-c2ccccc2)c1-n1c2ccc(-c3ccccc3)cc2c2cc(-c3ccccc3)ccc21. The Morgan fingerprint density at radius 3 is 0.844 bits per heavy atom. The van der Waals surface area contributed by atoms with Gasteiger partial charge in [0.15, 0.2) is 11.6 Å². The Morgan fingerprint density at radius 1 is 0.211 bits per heavy atom. The molecule has 0 amide bonds. The number of fused-ring (bicyclic) bond motifs is 15. The lowest BCUT2D eigenvalue weighted by molar-refractivity contribution is 0.961. The van der Waals surface area contributed by atoms with Gasteiger partial charge >= 0.3 is 0 Å². The van der Waals surface area contributed by atoms with E-state index in [1.807, 2.05) is 72.8 Å². The van der Waals surface area contributed by atoms with Crippen LogP contribution in [0.5, 0.6) is 0 Å². The van der Waals surface area contributed by atoms with E-state index in [-0.39, 0.29) is 0 Å². The number of benzene rings is 15. The summed E-state index contributed by atoms with van der Waals surface area (Å²) < 4.78 is 11.8. The van der Waals surface area contributed by atoms with Crippen LogP contribution in [0.3, 0.4) is 0 Å². The molecule has 109 heavy (non-hydrogen) atoms. The van der Waals surface area contributed by atoms with E-state index in [9.17, 15) is 21.0 Å². The highest BCUT2D eigenvalue weighted by Crippen LogP contribution is 2.53. The van der Waals surface area contributed by atoms with Gasteiger partial charge in [-0.05, 0) is 196 Å². The Labute approximate surface area is 624 Å². The predicted octanol–water partition coefficient (Wildman–Crippen LogP) is 24.4. The van der Waals surface area contributed by atoms with Crippen molar-refractivity contribution in [3.05, 3.63) is 362 Å². The summed E-state index contributed by atoms with van der Waals surface area (Å²) in [5, 5.41) is 52.6. The average Bonchev–Trinajstić information content (AvgIpc) is 1.55. The van der Waals surface area contributed by atoms with Gasteiger partial charge in [0.05, 0.1) is 102 Å². The van der Waals surface area contributed by atoms with E-state index < -0.39 is 0 Å². The Kier molecular flexibility index (Phi) is 14.0. The molecule has 502 valence electrons. The summed E-state index contributed by atoms with van der Waals surface area (Å²) >= 11 is 0. The zero-order valence-electron chi connectivity index (χ0n) is 58.3. The molecule has 0 bridgehead atoms. The van der Waals surface area contributed by atoms with Crippen molar-refractivity contribution in [2.24, 2.45) is 0 Å². The van der Waals surface area contributed by atoms with Crippen molar-refractivity contribution in [2.75, 3.05) is 0 Å². The lowest BCUT2D eigenvalue weighted by atomic mass is 9.95. The zero-order chi connectivity index (χ0) is 72.5. The van der Waals surface area contributed by atoms with E-state index in [4.69, 9.17) is 4.98 Å². The molecule has 0 aliphatic rings. The van der Waals surface area contributed by atoms with Crippen molar-refractivity contribution >= 4 is 109 Å². The molecule has 0 fully saturated rings. The van der Waals surface area contributed by atoms with E-state index >= 15 is 0 Å². The topological polar surface area (TPSA) is 133 Å². The number of nitrogens with zero attached hydrogens (tertiary/aromatic N) is 10. The van der Waals surface area contributed by atoms with Crippen LogP contribution in [-0.2, 0) is 0 Å². The standard InChI is InChI=1S/C99H56N10/c100-57-61-33-41-89-76(49-61)77-50-62(58-101)34-42-90(77)108(89)98-96(106-85-45-37-69(65-19-6-1-7-20-65)53-80(85)81-54-70(38-46-86(81)106)66-21-8-2-9-22-66)95(75-30-18-32-93-94(75)74-29-16-17-31-84(74)105(93)73-27-14-5-15-28-73)97(99(104-98)109-91-43-35-63(59-102)51-78(91)79-52-64(60-103)36-44-92(79)109)107-87-47-39-71(67-23-10-3-11-24-67)55-82(87)83-56-72(40-48-88(83)107)68-25-12-4-13-26-68/h1-56H. The summed E-state index contributed by atoms with van der Waals surface area (Å²) in [6.45, 7) is 0. The van der Waals surface area contributed by atoms with E-state index in [1.54, 1.807) is 0 Å². The fraction of sp³-hybridized carbons (Fsp3) is 0. The van der Waals surface area contributed by atoms with Crippen LogP contribution in [0.15, 0.2) is 340 Å². The summed E-state index contributed by atoms with van der Waals surface area (Å²) in [6, 6.07) is 129. The van der Waals surface area contributed by atoms with Gasteiger partial charge in [0.1, 0.15) is 11.4 Å². The van der Waals surface area contributed by atoms with Crippen molar-refractivity contribution < 1.29 is 0 Å². The van der Waals surface area contributed by atoms with E-state index in [1.165, 1.54) is 0 Å². The van der Waals surface area contributed by atoms with Gasteiger partial charge in [-0.15, -0.1) is 0 Å². The molecule has 0 aliphatic heterocycles. The Bertz CT molecular complexity index is 6910. The molecule has 0 radical (unpaired) electrons. The van der Waals surface area contributed by atoms with Gasteiger partial charge in [-0.1, -0.05) is 194 Å². The first-order valence-corrected chi connectivity index (χ1v) is 36.2. The predicted molar refractivity (Wildman–Crippen MR) is 442 cm³/mol. The fourth-order valence-corrected chi connectivity index (χ4v) is 17.2. The van der Waals surface area contributed by atoms with Crippen LogP contribution < -0.4 is 0 Å². The van der Waals surface area contributed by atoms with Crippen LogP contribution in [0.4, 0.5) is 0 Å². The number of pyridine rings is 1. The van der Waals surface area contributed by atoms with E-state index in [0.717, 1.165) is 182 Å². The highest BCUT2D eigenvalue weighted by atomic mass is 15.2. The van der Waals surface area contributed by atoms with Crippen molar-refractivity contribution in [2.45, 2.75) is 0 Å². The van der Waals surface area contributed by atoms with Gasteiger partial charge in [-0.3, -0.25) is 9.13 Å². The molecule has 15 aromatic carbocycles. The molecule has 21 aromatic rings. The van der Waals surface area contributed by atoms with E-state index in [2.05, 4.69) is 314 Å². The monoisotopic (exact) mass is 1380 g/mol. The second-order valence-electron chi connectivity index (χ2n) is 27.8. The lowest BCUT2D eigenvalue weighted by Gasteiger charge is -2.27. The molecule has 6 aromatic heterocycles. The van der Waals surface area contributed by atoms with E-state index in [0.29, 0.717) is 33.9 Å². The molecule has 0 saturated carbocycles. The fourth-order valence-electron chi connectivity index (χ4n) is 17.2. The molecule has 10 heteroatoms. The number of rotatable bonds is 10. The molecule has 0 unspecified atom stereocenters. The highest BCUT2D eigenvalue weighted by Gasteiger charge is 2.35. The van der Waals surface area contributed by atoms with Crippen LogP contribution >= 0.6 is 0 Å². The van der Waals surface area contributed by atoms with Gasteiger partial charge in [0.2, 0.25) is 0 Å². The molecular formula is C99H56N10. The normalized spacial score (nSPS) is 11.6. The average molecular weight is 1390 g/mol. The quantitative estimate of drug-likeness (QED) is 0.134. The number of nitriles is 4. The summed E-state index contributed by atoms with van der Waals surface area (Å²) in [5.74, 6) is 1.06. The minimum absolute atomic E-state index is 0.460. The van der Waals surface area contributed by atoms with Gasteiger partial charge in [0, 0.05) is 65.1 Å². The first kappa shape index (κ1) is 62.0. The summed E-state index contributed by atoms with van der Waals surface area (Å²) in [4.78, 5) is 6.63. The third-order valence-electron chi connectivity index (χ3n) is 22.0. The van der Waals surface area contributed by atoms with Crippen molar-refractivity contribution in [3.63, 3.8) is 0 Å². The molecule has 0 aliphatic carbocycles.